The number of hydrogen-bond acceptors (Lipinski definition) is 3. The second kappa shape index (κ2) is 14.8. The third-order valence-electron chi connectivity index (χ3n) is 13.4. The molecule has 314 valence electrons. The molecule has 0 saturated carbocycles. The van der Waals surface area contributed by atoms with Gasteiger partial charge in [-0.2, -0.15) is 15.0 Å². The molecular formula is C59H49N5Si. The van der Waals surface area contributed by atoms with Gasteiger partial charge in [0.1, 0.15) is 0 Å². The molecule has 12 rings (SSSR count). The van der Waals surface area contributed by atoms with Crippen molar-refractivity contribution >= 4 is 72.4 Å². The lowest BCUT2D eigenvalue weighted by atomic mass is 9.62. The molecule has 11 aromatic rings. The Kier molecular flexibility index (Phi) is 6.48. The molecule has 6 heteroatoms. The van der Waals surface area contributed by atoms with E-state index in [2.05, 4.69) is 0 Å². The van der Waals surface area contributed by atoms with Crippen LogP contribution in [-0.2, 0) is 10.8 Å². The highest BCUT2D eigenvalue weighted by Gasteiger charge is 2.46. The second-order valence-electron chi connectivity index (χ2n) is 17.1. The molecule has 5 nitrogen and oxygen atoms in total. The van der Waals surface area contributed by atoms with Crippen LogP contribution >= 0.6 is 0 Å². The summed E-state index contributed by atoms with van der Waals surface area (Å²) < 4.78 is 117. The van der Waals surface area contributed by atoms with Crippen molar-refractivity contribution in [3.05, 3.63) is 211 Å². The molecule has 0 N–H and O–H groups in total. The maximum absolute atomic E-state index is 9.45. The van der Waals surface area contributed by atoms with Gasteiger partial charge in [-0.05, 0) is 79.8 Å². The third-order valence-corrected chi connectivity index (χ3v) is 18.1. The molecule has 1 aliphatic carbocycles. The van der Waals surface area contributed by atoms with E-state index in [4.69, 9.17) is 15.0 Å². The van der Waals surface area contributed by atoms with Crippen molar-refractivity contribution in [1.82, 2.24) is 24.1 Å². The Morgan fingerprint density at radius 3 is 1.18 bits per heavy atom. The monoisotopic (exact) mass is 867 g/mol. The SMILES string of the molecule is [2H]C([2H])([2H])C1(C([2H])([2H])[2H])CCC(C([2H])([2H])[2H])(C([2H])([2H])[2H])c2c(-c3nc(-n4c5ccccc5c5ccccc54)nc(-n4c5ccccc5c5ccccc54)n3)cc([Si](c3ccccc3)(c3ccccc3)c3ccccc3)cc21. The molecule has 3 aromatic heterocycles. The van der Waals surface area contributed by atoms with Gasteiger partial charge in [-0.3, -0.25) is 9.13 Å². The first-order chi connectivity index (χ1) is 36.7. The van der Waals surface area contributed by atoms with Gasteiger partial charge >= 0.3 is 0 Å². The maximum atomic E-state index is 9.45. The summed E-state index contributed by atoms with van der Waals surface area (Å²) in [4.78, 5) is 16.0. The van der Waals surface area contributed by atoms with Crippen molar-refractivity contribution in [2.45, 2.75) is 51.1 Å². The predicted molar refractivity (Wildman–Crippen MR) is 273 cm³/mol. The van der Waals surface area contributed by atoms with E-state index in [-0.39, 0.29) is 23.3 Å². The van der Waals surface area contributed by atoms with Crippen molar-refractivity contribution < 1.29 is 16.4 Å². The van der Waals surface area contributed by atoms with Crippen LogP contribution in [0, 0.1) is 0 Å². The zero-order valence-corrected chi connectivity index (χ0v) is 36.2. The number of para-hydroxylation sites is 4. The molecule has 0 unspecified atom stereocenters. The van der Waals surface area contributed by atoms with E-state index in [1.807, 2.05) is 197 Å². The molecule has 0 fully saturated rings. The molecule has 65 heavy (non-hydrogen) atoms. The smallest absolute Gasteiger partial charge is 0.240 e. The number of fused-ring (bicyclic) bond motifs is 7. The van der Waals surface area contributed by atoms with Crippen LogP contribution in [0.1, 0.15) is 67.8 Å². The Balaban J connectivity index is 1.36. The van der Waals surface area contributed by atoms with Crippen LogP contribution in [0.25, 0.3) is 66.9 Å². The standard InChI is InChI=1S/C59H49N5Si/c1-58(2)36-37-59(3,4)54-48(38-43(39-49(54)58)65(40-22-8-5-9-23-40,41-24-10-6-11-25-41)42-26-12-7-13-27-42)55-60-56(63-50-32-18-14-28-44(50)45-29-15-19-33-51(45)63)62-57(61-55)64-52-34-20-16-30-46(52)47-31-17-21-35-53(47)64/h5-35,38-39H,36-37H2,1-4H3/i1D3,2D3,3D3,4D3. The van der Waals surface area contributed by atoms with Crippen LogP contribution in [0.3, 0.4) is 0 Å². The van der Waals surface area contributed by atoms with Crippen LogP contribution in [0.2, 0.25) is 0 Å². The quantitative estimate of drug-likeness (QED) is 0.118. The molecule has 3 heterocycles. The predicted octanol–water partition coefficient (Wildman–Crippen LogP) is 11.5. The minimum atomic E-state index is -3.85. The first-order valence-electron chi connectivity index (χ1n) is 27.8. The Morgan fingerprint density at radius 1 is 0.415 bits per heavy atom. The van der Waals surface area contributed by atoms with Crippen LogP contribution < -0.4 is 20.7 Å². The summed E-state index contributed by atoms with van der Waals surface area (Å²) in [6.45, 7) is -13.5. The third kappa shape index (κ3) is 6.00. The summed E-state index contributed by atoms with van der Waals surface area (Å²) >= 11 is 0. The van der Waals surface area contributed by atoms with Crippen molar-refractivity contribution in [3.63, 3.8) is 0 Å². The molecule has 1 aliphatic rings. The lowest BCUT2D eigenvalue weighted by Gasteiger charge is -2.44. The van der Waals surface area contributed by atoms with Crippen molar-refractivity contribution in [2.24, 2.45) is 0 Å². The first-order valence-corrected chi connectivity index (χ1v) is 23.8. The molecule has 0 bridgehead atoms. The first kappa shape index (κ1) is 28.4. The second-order valence-corrected chi connectivity index (χ2v) is 20.9. The fourth-order valence-corrected chi connectivity index (χ4v) is 15.3. The van der Waals surface area contributed by atoms with Crippen molar-refractivity contribution in [2.75, 3.05) is 0 Å². The molecule has 0 radical (unpaired) electrons. The molecule has 0 amide bonds. The number of nitrogens with zero attached hydrogens (tertiary/aromatic N) is 5. The van der Waals surface area contributed by atoms with Gasteiger partial charge in [-0.25, -0.2) is 0 Å². The van der Waals surface area contributed by atoms with Gasteiger partial charge in [0.2, 0.25) is 11.9 Å². The van der Waals surface area contributed by atoms with Crippen LogP contribution in [0.4, 0.5) is 0 Å². The highest BCUT2D eigenvalue weighted by Crippen LogP contribution is 2.49. The molecule has 0 atom stereocenters. The number of hydrogen-bond donors (Lipinski definition) is 0. The fourth-order valence-electron chi connectivity index (χ4n) is 10.5. The topological polar surface area (TPSA) is 48.5 Å². The van der Waals surface area contributed by atoms with Crippen molar-refractivity contribution in [1.29, 1.82) is 0 Å². The largest absolute Gasteiger partial charge is 0.278 e. The Bertz CT molecular complexity index is 3710. The Hall–Kier alpha value is -7.41. The van der Waals surface area contributed by atoms with Gasteiger partial charge in [0.15, 0.2) is 13.9 Å². The lowest BCUT2D eigenvalue weighted by Crippen LogP contribution is -2.75. The van der Waals surface area contributed by atoms with E-state index in [9.17, 15) is 16.4 Å². The van der Waals surface area contributed by atoms with E-state index < -0.39 is 70.3 Å². The maximum Gasteiger partial charge on any atom is 0.240 e. The van der Waals surface area contributed by atoms with Gasteiger partial charge in [0.05, 0.1) is 22.1 Å². The Labute approximate surface area is 397 Å². The summed E-state index contributed by atoms with van der Waals surface area (Å²) in [6.07, 6.45) is -1.67. The van der Waals surface area contributed by atoms with Gasteiger partial charge < -0.3 is 0 Å². The van der Waals surface area contributed by atoms with Gasteiger partial charge in [-0.1, -0.05) is 203 Å². The number of aromatic nitrogens is 5. The van der Waals surface area contributed by atoms with Crippen molar-refractivity contribution in [3.8, 4) is 23.3 Å². The van der Waals surface area contributed by atoms with E-state index in [0.29, 0.717) is 5.19 Å². The zero-order valence-electron chi connectivity index (χ0n) is 47.2. The van der Waals surface area contributed by atoms with E-state index in [1.165, 1.54) is 6.07 Å². The average molecular weight is 868 g/mol. The summed E-state index contributed by atoms with van der Waals surface area (Å²) in [5, 5.41) is 6.49. The number of benzene rings is 8. The van der Waals surface area contributed by atoms with E-state index in [1.54, 1.807) is 6.07 Å². The van der Waals surface area contributed by atoms with Gasteiger partial charge in [0.25, 0.3) is 0 Å². The molecule has 0 spiro atoms. The molecular weight excluding hydrogens is 807 g/mol. The van der Waals surface area contributed by atoms with E-state index >= 15 is 0 Å². The van der Waals surface area contributed by atoms with E-state index in [0.717, 1.165) is 59.2 Å². The normalized spacial score (nSPS) is 18.1. The van der Waals surface area contributed by atoms with Crippen LogP contribution in [-0.4, -0.2) is 32.2 Å². The lowest BCUT2D eigenvalue weighted by molar-refractivity contribution is 0.333. The summed E-state index contributed by atoms with van der Waals surface area (Å²) in [5.74, 6) is -0.0139. The number of rotatable bonds is 7. The van der Waals surface area contributed by atoms with Gasteiger partial charge in [0, 0.05) is 43.6 Å². The highest BCUT2D eigenvalue weighted by molar-refractivity contribution is 7.20. The average Bonchev–Trinajstić information content (AvgIpc) is 4.05. The summed E-state index contributed by atoms with van der Waals surface area (Å²) in [5.41, 5.74) is -3.78. The molecule has 0 aliphatic heterocycles. The van der Waals surface area contributed by atoms with Gasteiger partial charge in [-0.15, -0.1) is 0 Å². The molecule has 8 aromatic carbocycles. The van der Waals surface area contributed by atoms with Crippen LogP contribution in [0.5, 0.6) is 0 Å². The fraction of sp³-hybridized carbons (Fsp3) is 0.136. The zero-order chi connectivity index (χ0) is 53.9. The highest BCUT2D eigenvalue weighted by atomic mass is 28.3. The van der Waals surface area contributed by atoms with Crippen LogP contribution in [0.15, 0.2) is 200 Å². The molecule has 0 saturated heterocycles. The minimum Gasteiger partial charge on any atom is -0.278 e. The minimum absolute atomic E-state index is 0.0863. The Morgan fingerprint density at radius 2 is 0.785 bits per heavy atom. The summed E-state index contributed by atoms with van der Waals surface area (Å²) in [7, 11) is -3.85. The summed E-state index contributed by atoms with van der Waals surface area (Å²) in [6, 6.07) is 63.5.